The predicted molar refractivity (Wildman–Crippen MR) is 133 cm³/mol. The third-order valence-corrected chi connectivity index (χ3v) is 8.02. The van der Waals surface area contributed by atoms with E-state index in [-0.39, 0.29) is 29.7 Å². The second-order valence-corrected chi connectivity index (χ2v) is 10.4. The molecular formula is C26H27N3O4S. The Morgan fingerprint density at radius 2 is 1.71 bits per heavy atom. The molecule has 0 aromatic heterocycles. The van der Waals surface area contributed by atoms with E-state index in [1.165, 1.54) is 23.5 Å². The van der Waals surface area contributed by atoms with Crippen LogP contribution in [0.3, 0.4) is 0 Å². The number of amides is 2. The van der Waals surface area contributed by atoms with Crippen LogP contribution >= 0.6 is 0 Å². The number of hydrogen-bond donors (Lipinski definition) is 1. The first-order valence-corrected chi connectivity index (χ1v) is 12.4. The molecule has 3 aromatic carbocycles. The highest BCUT2D eigenvalue weighted by Crippen LogP contribution is 2.30. The Labute approximate surface area is 200 Å². The molecule has 3 aromatic rings. The first-order valence-electron chi connectivity index (χ1n) is 11.0. The molecule has 1 saturated heterocycles. The van der Waals surface area contributed by atoms with Crippen molar-refractivity contribution in [3.05, 3.63) is 83.9 Å². The first kappa shape index (κ1) is 23.5. The molecule has 8 heteroatoms. The molecule has 176 valence electrons. The zero-order valence-electron chi connectivity index (χ0n) is 19.4. The van der Waals surface area contributed by atoms with Crippen LogP contribution in [0.5, 0.6) is 0 Å². The normalized spacial score (nSPS) is 15.9. The summed E-state index contributed by atoms with van der Waals surface area (Å²) in [4.78, 5) is 27.3. The second-order valence-electron chi connectivity index (χ2n) is 8.45. The molecule has 7 nitrogen and oxygen atoms in total. The Morgan fingerprint density at radius 1 is 1.00 bits per heavy atom. The van der Waals surface area contributed by atoms with Gasteiger partial charge in [0.2, 0.25) is 11.8 Å². The lowest BCUT2D eigenvalue weighted by Crippen LogP contribution is -2.29. The maximum absolute atomic E-state index is 13.1. The smallest absolute Gasteiger partial charge is 0.264 e. The molecule has 0 saturated carbocycles. The van der Waals surface area contributed by atoms with E-state index in [4.69, 9.17) is 0 Å². The van der Waals surface area contributed by atoms with E-state index in [0.29, 0.717) is 11.4 Å². The number of nitrogens with zero attached hydrogens (tertiary/aromatic N) is 2. The lowest BCUT2D eigenvalue weighted by atomic mass is 10.1. The average Bonchev–Trinajstić information content (AvgIpc) is 3.22. The Morgan fingerprint density at radius 3 is 2.44 bits per heavy atom. The lowest BCUT2D eigenvalue weighted by molar-refractivity contribution is -0.122. The summed E-state index contributed by atoms with van der Waals surface area (Å²) < 4.78 is 27.4. The molecule has 4 rings (SSSR count). The summed E-state index contributed by atoms with van der Waals surface area (Å²) in [6, 6.07) is 20.7. The van der Waals surface area contributed by atoms with Crippen LogP contribution in [-0.2, 0) is 19.6 Å². The minimum Gasteiger partial charge on any atom is -0.326 e. The lowest BCUT2D eigenvalue weighted by Gasteiger charge is -2.20. The van der Waals surface area contributed by atoms with E-state index in [0.717, 1.165) is 16.8 Å². The van der Waals surface area contributed by atoms with Crippen LogP contribution in [0, 0.1) is 19.8 Å². The van der Waals surface area contributed by atoms with E-state index in [1.807, 2.05) is 38.1 Å². The van der Waals surface area contributed by atoms with Gasteiger partial charge >= 0.3 is 0 Å². The highest BCUT2D eigenvalue weighted by atomic mass is 32.2. The number of nitrogens with one attached hydrogen (secondary N) is 1. The third kappa shape index (κ3) is 4.54. The van der Waals surface area contributed by atoms with Crippen LogP contribution in [0.15, 0.2) is 77.7 Å². The van der Waals surface area contributed by atoms with Gasteiger partial charge in [0.05, 0.1) is 16.5 Å². The predicted octanol–water partition coefficient (Wildman–Crippen LogP) is 4.12. The monoisotopic (exact) mass is 477 g/mol. The molecule has 1 atom stereocenters. The number of aryl methyl sites for hydroxylation is 1. The number of benzene rings is 3. The summed E-state index contributed by atoms with van der Waals surface area (Å²) in [7, 11) is -2.32. The van der Waals surface area contributed by atoms with Gasteiger partial charge in [-0.05, 0) is 61.4 Å². The summed E-state index contributed by atoms with van der Waals surface area (Å²) in [6.45, 7) is 4.23. The van der Waals surface area contributed by atoms with Crippen molar-refractivity contribution in [1.29, 1.82) is 0 Å². The average molecular weight is 478 g/mol. The standard InChI is InChI=1S/C26H27N3O4S/c1-18-9-7-14-24(19(18)2)29-17-20(15-25(29)30)26(31)27-21-10-8-13-23(16-21)34(32,33)28(3)22-11-5-4-6-12-22/h4-14,16,20H,15,17H2,1-3H3,(H,27,31). The van der Waals surface area contributed by atoms with E-state index in [9.17, 15) is 18.0 Å². The molecule has 1 N–H and O–H groups in total. The van der Waals surface area contributed by atoms with Gasteiger partial charge in [0.15, 0.2) is 0 Å². The molecular weight excluding hydrogens is 450 g/mol. The third-order valence-electron chi connectivity index (χ3n) is 6.24. The Balaban J connectivity index is 1.50. The molecule has 2 amide bonds. The summed E-state index contributed by atoms with van der Waals surface area (Å²) in [5, 5.41) is 2.79. The van der Waals surface area contributed by atoms with E-state index in [1.54, 1.807) is 41.3 Å². The quantitative estimate of drug-likeness (QED) is 0.579. The molecule has 1 aliphatic heterocycles. The highest BCUT2D eigenvalue weighted by Gasteiger charge is 2.36. The molecule has 0 bridgehead atoms. The fourth-order valence-electron chi connectivity index (χ4n) is 4.06. The maximum Gasteiger partial charge on any atom is 0.264 e. The summed E-state index contributed by atoms with van der Waals surface area (Å²) >= 11 is 0. The zero-order chi connectivity index (χ0) is 24.5. The van der Waals surface area contributed by atoms with E-state index >= 15 is 0 Å². The van der Waals surface area contributed by atoms with Crippen molar-refractivity contribution < 1.29 is 18.0 Å². The maximum atomic E-state index is 13.1. The number of carbonyl (C=O) groups excluding carboxylic acids is 2. The summed E-state index contributed by atoms with van der Waals surface area (Å²) in [5.74, 6) is -0.943. The van der Waals surface area contributed by atoms with Gasteiger partial charge in [-0.1, -0.05) is 36.4 Å². The number of rotatable bonds is 6. The number of hydrogen-bond acceptors (Lipinski definition) is 4. The van der Waals surface area contributed by atoms with Gasteiger partial charge in [-0.2, -0.15) is 0 Å². The van der Waals surface area contributed by atoms with E-state index < -0.39 is 15.9 Å². The van der Waals surface area contributed by atoms with Gasteiger partial charge in [-0.25, -0.2) is 8.42 Å². The van der Waals surface area contributed by atoms with Gasteiger partial charge in [0.25, 0.3) is 10.0 Å². The molecule has 1 unspecified atom stereocenters. The van der Waals surface area contributed by atoms with Crippen LogP contribution in [0.1, 0.15) is 17.5 Å². The van der Waals surface area contributed by atoms with Crippen molar-refractivity contribution >= 4 is 38.9 Å². The Kier molecular flexibility index (Phi) is 6.43. The highest BCUT2D eigenvalue weighted by molar-refractivity contribution is 7.92. The van der Waals surface area contributed by atoms with Crippen molar-refractivity contribution in [2.45, 2.75) is 25.2 Å². The van der Waals surface area contributed by atoms with Crippen molar-refractivity contribution in [3.63, 3.8) is 0 Å². The van der Waals surface area contributed by atoms with Gasteiger partial charge in [-0.3, -0.25) is 13.9 Å². The molecule has 1 heterocycles. The second kappa shape index (κ2) is 9.30. The van der Waals surface area contributed by atoms with Crippen LogP contribution in [-0.4, -0.2) is 33.8 Å². The SMILES string of the molecule is Cc1cccc(N2CC(C(=O)Nc3cccc(S(=O)(=O)N(C)c4ccccc4)c3)CC2=O)c1C. The molecule has 1 aliphatic rings. The van der Waals surface area contributed by atoms with Crippen LogP contribution in [0.25, 0.3) is 0 Å². The summed E-state index contributed by atoms with van der Waals surface area (Å²) in [5.41, 5.74) is 3.81. The Bertz CT molecular complexity index is 1340. The van der Waals surface area contributed by atoms with Crippen LogP contribution in [0.4, 0.5) is 17.1 Å². The van der Waals surface area contributed by atoms with Crippen molar-refractivity contribution in [2.24, 2.45) is 5.92 Å². The van der Waals surface area contributed by atoms with Gasteiger partial charge < -0.3 is 10.2 Å². The number of anilines is 3. The van der Waals surface area contributed by atoms with Crippen LogP contribution < -0.4 is 14.5 Å². The van der Waals surface area contributed by atoms with E-state index in [2.05, 4.69) is 5.32 Å². The van der Waals surface area contributed by atoms with Crippen molar-refractivity contribution in [3.8, 4) is 0 Å². The number of para-hydroxylation sites is 1. The van der Waals surface area contributed by atoms with Crippen molar-refractivity contribution in [2.75, 3.05) is 28.1 Å². The van der Waals surface area contributed by atoms with Gasteiger partial charge in [0, 0.05) is 31.4 Å². The summed E-state index contributed by atoms with van der Waals surface area (Å²) in [6.07, 6.45) is 0.105. The molecule has 1 fully saturated rings. The number of sulfonamides is 1. The molecule has 0 radical (unpaired) electrons. The zero-order valence-corrected chi connectivity index (χ0v) is 20.2. The molecule has 0 aliphatic carbocycles. The largest absolute Gasteiger partial charge is 0.326 e. The van der Waals surface area contributed by atoms with Crippen molar-refractivity contribution in [1.82, 2.24) is 0 Å². The fourth-order valence-corrected chi connectivity index (χ4v) is 5.30. The topological polar surface area (TPSA) is 86.8 Å². The molecule has 0 spiro atoms. The van der Waals surface area contributed by atoms with Gasteiger partial charge in [0.1, 0.15) is 0 Å². The number of carbonyl (C=O) groups is 2. The first-order chi connectivity index (χ1) is 16.2. The van der Waals surface area contributed by atoms with Gasteiger partial charge in [-0.15, -0.1) is 0 Å². The minimum atomic E-state index is -3.81. The molecule has 34 heavy (non-hydrogen) atoms. The Hall–Kier alpha value is -3.65. The minimum absolute atomic E-state index is 0.0659. The fraction of sp³-hybridized carbons (Fsp3) is 0.231. The van der Waals surface area contributed by atoms with Crippen LogP contribution in [0.2, 0.25) is 0 Å².